The van der Waals surface area contributed by atoms with E-state index in [1.54, 1.807) is 12.4 Å². The molecule has 2 heterocycles. The first kappa shape index (κ1) is 7.17. The van der Waals surface area contributed by atoms with Crippen LogP contribution in [0.3, 0.4) is 0 Å². The lowest BCUT2D eigenvalue weighted by Crippen LogP contribution is -1.93. The van der Waals surface area contributed by atoms with E-state index in [2.05, 4.69) is 15.0 Å². The summed E-state index contributed by atoms with van der Waals surface area (Å²) in [4.78, 5) is 11.9. The van der Waals surface area contributed by atoms with Gasteiger partial charge in [0, 0.05) is 11.6 Å². The molecule has 0 spiro atoms. The minimum Gasteiger partial charge on any atom is -0.396 e. The van der Waals surface area contributed by atoms with E-state index in [0.29, 0.717) is 11.4 Å². The fourth-order valence-electron chi connectivity index (χ4n) is 0.859. The molecule has 12 heavy (non-hydrogen) atoms. The Bertz CT molecular complexity index is 371. The Morgan fingerprint density at radius 2 is 2.25 bits per heavy atom. The molecule has 0 fully saturated rings. The Labute approximate surface area is 73.1 Å². The first-order valence-corrected chi connectivity index (χ1v) is 4.21. The van der Waals surface area contributed by atoms with Crippen molar-refractivity contribution in [2.75, 3.05) is 5.73 Å². The average Bonchev–Trinajstić information content (AvgIpc) is 2.57. The van der Waals surface area contributed by atoms with Crippen molar-refractivity contribution in [1.82, 2.24) is 15.0 Å². The summed E-state index contributed by atoms with van der Waals surface area (Å²) < 4.78 is 0. The largest absolute Gasteiger partial charge is 0.396 e. The first-order chi connectivity index (χ1) is 5.88. The molecule has 0 radical (unpaired) electrons. The highest BCUT2D eigenvalue weighted by molar-refractivity contribution is 7.13. The van der Waals surface area contributed by atoms with Gasteiger partial charge >= 0.3 is 0 Å². The van der Waals surface area contributed by atoms with Crippen LogP contribution in [0.25, 0.3) is 10.7 Å². The minimum absolute atomic E-state index is 0.562. The van der Waals surface area contributed by atoms with Crippen molar-refractivity contribution < 1.29 is 0 Å². The summed E-state index contributed by atoms with van der Waals surface area (Å²) in [5, 5.41) is 2.71. The quantitative estimate of drug-likeness (QED) is 0.712. The maximum absolute atomic E-state index is 5.65. The Balaban J connectivity index is 2.55. The predicted molar refractivity (Wildman–Crippen MR) is 47.6 cm³/mol. The second-order valence-electron chi connectivity index (χ2n) is 2.16. The molecule has 0 bridgehead atoms. The molecule has 0 saturated heterocycles. The van der Waals surface area contributed by atoms with Crippen LogP contribution in [0.15, 0.2) is 24.1 Å². The molecular formula is C7H6N4S. The second kappa shape index (κ2) is 2.86. The first-order valence-electron chi connectivity index (χ1n) is 3.33. The lowest BCUT2D eigenvalue weighted by molar-refractivity contribution is 1.17. The molecule has 4 nitrogen and oxygen atoms in total. The summed E-state index contributed by atoms with van der Waals surface area (Å²) in [5.74, 6) is 0. The molecular weight excluding hydrogens is 172 g/mol. The fraction of sp³-hybridized carbons (Fsp3) is 0. The number of hydrogen-bond donors (Lipinski definition) is 1. The zero-order valence-electron chi connectivity index (χ0n) is 6.14. The number of thiazole rings is 1. The zero-order valence-corrected chi connectivity index (χ0v) is 6.95. The smallest absolute Gasteiger partial charge is 0.144 e. The molecule has 0 aliphatic heterocycles. The number of aromatic nitrogens is 3. The summed E-state index contributed by atoms with van der Waals surface area (Å²) in [5.41, 5.74) is 6.92. The van der Waals surface area contributed by atoms with E-state index in [9.17, 15) is 0 Å². The minimum atomic E-state index is 0.562. The van der Waals surface area contributed by atoms with Crippen LogP contribution in [-0.2, 0) is 0 Å². The SMILES string of the molecule is Nc1cncnc1-c1nccs1. The van der Waals surface area contributed by atoms with E-state index in [-0.39, 0.29) is 0 Å². The Kier molecular flexibility index (Phi) is 1.71. The van der Waals surface area contributed by atoms with Gasteiger partial charge in [-0.1, -0.05) is 0 Å². The Morgan fingerprint density at radius 1 is 1.33 bits per heavy atom. The van der Waals surface area contributed by atoms with Crippen molar-refractivity contribution in [3.05, 3.63) is 24.1 Å². The van der Waals surface area contributed by atoms with Crippen molar-refractivity contribution in [3.63, 3.8) is 0 Å². The lowest BCUT2D eigenvalue weighted by atomic mass is 10.4. The van der Waals surface area contributed by atoms with Crippen molar-refractivity contribution in [1.29, 1.82) is 0 Å². The van der Waals surface area contributed by atoms with Gasteiger partial charge in [-0.15, -0.1) is 11.3 Å². The van der Waals surface area contributed by atoms with Gasteiger partial charge in [0.2, 0.25) is 0 Å². The Hall–Kier alpha value is -1.49. The zero-order chi connectivity index (χ0) is 8.39. The summed E-state index contributed by atoms with van der Waals surface area (Å²) in [6.07, 6.45) is 4.76. The van der Waals surface area contributed by atoms with Crippen LogP contribution in [0.1, 0.15) is 0 Å². The summed E-state index contributed by atoms with van der Waals surface area (Å²) in [6.45, 7) is 0. The molecule has 0 amide bonds. The van der Waals surface area contributed by atoms with Crippen LogP contribution in [0.4, 0.5) is 5.69 Å². The van der Waals surface area contributed by atoms with E-state index >= 15 is 0 Å². The predicted octanol–water partition coefficient (Wildman–Crippen LogP) is 1.18. The van der Waals surface area contributed by atoms with Crippen molar-refractivity contribution >= 4 is 17.0 Å². The summed E-state index contributed by atoms with van der Waals surface area (Å²) >= 11 is 1.51. The third-order valence-corrected chi connectivity index (χ3v) is 2.16. The molecule has 60 valence electrons. The standard InChI is InChI=1S/C7H6N4S/c8-5-3-9-4-11-6(5)7-10-1-2-12-7/h1-4H,8H2. The number of nitrogens with zero attached hydrogens (tertiary/aromatic N) is 3. The van der Waals surface area contributed by atoms with Gasteiger partial charge in [0.05, 0.1) is 11.9 Å². The van der Waals surface area contributed by atoms with E-state index in [4.69, 9.17) is 5.73 Å². The summed E-state index contributed by atoms with van der Waals surface area (Å²) in [7, 11) is 0. The highest BCUT2D eigenvalue weighted by Gasteiger charge is 2.04. The van der Waals surface area contributed by atoms with Gasteiger partial charge in [-0.3, -0.25) is 0 Å². The maximum atomic E-state index is 5.65. The third kappa shape index (κ3) is 1.14. The van der Waals surface area contributed by atoms with Gasteiger partial charge < -0.3 is 5.73 Å². The number of nitrogens with two attached hydrogens (primary N) is 1. The van der Waals surface area contributed by atoms with Gasteiger partial charge in [0.15, 0.2) is 0 Å². The van der Waals surface area contributed by atoms with Gasteiger partial charge in [0.25, 0.3) is 0 Å². The molecule has 2 aromatic heterocycles. The maximum Gasteiger partial charge on any atom is 0.144 e. The van der Waals surface area contributed by atoms with Crippen LogP contribution in [0.2, 0.25) is 0 Å². The van der Waals surface area contributed by atoms with E-state index in [1.165, 1.54) is 17.7 Å². The number of rotatable bonds is 1. The highest BCUT2D eigenvalue weighted by Crippen LogP contribution is 2.23. The van der Waals surface area contributed by atoms with Crippen LogP contribution in [0.5, 0.6) is 0 Å². The number of nitrogen functional groups attached to an aromatic ring is 1. The van der Waals surface area contributed by atoms with E-state index in [1.807, 2.05) is 5.38 Å². The van der Waals surface area contributed by atoms with Crippen molar-refractivity contribution in [2.24, 2.45) is 0 Å². The molecule has 0 aromatic carbocycles. The molecule has 0 unspecified atom stereocenters. The molecule has 0 aliphatic carbocycles. The van der Waals surface area contributed by atoms with Gasteiger partial charge in [0.1, 0.15) is 17.0 Å². The van der Waals surface area contributed by atoms with Gasteiger partial charge in [-0.05, 0) is 0 Å². The third-order valence-electron chi connectivity index (χ3n) is 1.38. The Morgan fingerprint density at radius 3 is 2.92 bits per heavy atom. The monoisotopic (exact) mass is 178 g/mol. The van der Waals surface area contributed by atoms with E-state index in [0.717, 1.165) is 5.01 Å². The van der Waals surface area contributed by atoms with Crippen LogP contribution in [-0.4, -0.2) is 15.0 Å². The van der Waals surface area contributed by atoms with Crippen LogP contribution in [0, 0.1) is 0 Å². The van der Waals surface area contributed by atoms with Gasteiger partial charge in [-0.25, -0.2) is 15.0 Å². The number of hydrogen-bond acceptors (Lipinski definition) is 5. The molecule has 2 rings (SSSR count). The molecule has 2 N–H and O–H groups in total. The van der Waals surface area contributed by atoms with Crippen LogP contribution >= 0.6 is 11.3 Å². The van der Waals surface area contributed by atoms with E-state index < -0.39 is 0 Å². The van der Waals surface area contributed by atoms with Crippen molar-refractivity contribution in [3.8, 4) is 10.7 Å². The number of anilines is 1. The fourth-order valence-corrected chi connectivity index (χ4v) is 1.51. The van der Waals surface area contributed by atoms with Crippen molar-refractivity contribution in [2.45, 2.75) is 0 Å². The molecule has 0 atom stereocenters. The molecule has 0 saturated carbocycles. The van der Waals surface area contributed by atoms with Crippen LogP contribution < -0.4 is 5.73 Å². The topological polar surface area (TPSA) is 64.7 Å². The molecule has 2 aromatic rings. The van der Waals surface area contributed by atoms with Gasteiger partial charge in [-0.2, -0.15) is 0 Å². The summed E-state index contributed by atoms with van der Waals surface area (Å²) in [6, 6.07) is 0. The normalized spacial score (nSPS) is 10.0. The highest BCUT2D eigenvalue weighted by atomic mass is 32.1. The average molecular weight is 178 g/mol. The molecule has 0 aliphatic rings. The molecule has 5 heteroatoms. The second-order valence-corrected chi connectivity index (χ2v) is 3.06. The lowest BCUT2D eigenvalue weighted by Gasteiger charge is -1.97.